The number of nitrogens with zero attached hydrogens (tertiary/aromatic N) is 3. The normalized spacial score (nSPS) is 10.3. The summed E-state index contributed by atoms with van der Waals surface area (Å²) < 4.78 is 15.1. The zero-order valence-corrected chi connectivity index (χ0v) is 11.2. The van der Waals surface area contributed by atoms with E-state index < -0.39 is 5.82 Å². The number of nitrogens with one attached hydrogen (secondary N) is 1. The Kier molecular flexibility index (Phi) is 3.52. The van der Waals surface area contributed by atoms with E-state index in [4.69, 9.17) is 5.26 Å². The average Bonchev–Trinajstić information content (AvgIpc) is 2.60. The lowest BCUT2D eigenvalue weighted by Gasteiger charge is -2.07. The van der Waals surface area contributed by atoms with E-state index in [9.17, 15) is 4.39 Å². The number of anilines is 1. The van der Waals surface area contributed by atoms with Gasteiger partial charge in [-0.2, -0.15) is 10.4 Å². The summed E-state index contributed by atoms with van der Waals surface area (Å²) in [5, 5.41) is 16.3. The maximum Gasteiger partial charge on any atom is 0.126 e. The second-order valence-corrected chi connectivity index (χ2v) is 4.47. The minimum absolute atomic E-state index is 0.308. The standard InChI is InChI=1S/C14H15FN4/c1-9-14(10(2)19(3)18-9)8-17-13-5-11(7-16)4-12(15)6-13/h4-6,17H,8H2,1-3H3. The summed E-state index contributed by atoms with van der Waals surface area (Å²) in [6.45, 7) is 4.49. The number of nitriles is 1. The van der Waals surface area contributed by atoms with Crippen molar-refractivity contribution in [2.45, 2.75) is 20.4 Å². The van der Waals surface area contributed by atoms with Gasteiger partial charge in [-0.25, -0.2) is 4.39 Å². The van der Waals surface area contributed by atoms with Crippen molar-refractivity contribution < 1.29 is 4.39 Å². The van der Waals surface area contributed by atoms with Crippen molar-refractivity contribution in [3.05, 3.63) is 46.5 Å². The van der Waals surface area contributed by atoms with Crippen molar-refractivity contribution in [1.29, 1.82) is 5.26 Å². The summed E-state index contributed by atoms with van der Waals surface area (Å²) in [6, 6.07) is 6.16. The Labute approximate surface area is 111 Å². The third-order valence-electron chi connectivity index (χ3n) is 3.16. The van der Waals surface area contributed by atoms with Gasteiger partial charge in [-0.15, -0.1) is 0 Å². The summed E-state index contributed by atoms with van der Waals surface area (Å²) in [4.78, 5) is 0. The molecule has 2 rings (SSSR count). The molecule has 0 spiro atoms. The van der Waals surface area contributed by atoms with Gasteiger partial charge in [0.2, 0.25) is 0 Å². The third kappa shape index (κ3) is 2.74. The predicted octanol–water partition coefficient (Wildman–Crippen LogP) is 2.66. The molecule has 0 saturated heterocycles. The monoisotopic (exact) mass is 258 g/mol. The molecule has 0 fully saturated rings. The molecule has 0 saturated carbocycles. The SMILES string of the molecule is Cc1nn(C)c(C)c1CNc1cc(F)cc(C#N)c1. The van der Waals surface area contributed by atoms with Gasteiger partial charge < -0.3 is 5.32 Å². The fraction of sp³-hybridized carbons (Fsp3) is 0.286. The molecular weight excluding hydrogens is 243 g/mol. The molecule has 4 nitrogen and oxygen atoms in total. The second-order valence-electron chi connectivity index (χ2n) is 4.47. The summed E-state index contributed by atoms with van der Waals surface area (Å²) in [5.41, 5.74) is 4.01. The molecule has 2 aromatic rings. The van der Waals surface area contributed by atoms with Crippen molar-refractivity contribution in [3.63, 3.8) is 0 Å². The number of aryl methyl sites for hydroxylation is 2. The molecule has 1 N–H and O–H groups in total. The molecule has 0 aliphatic carbocycles. The summed E-state index contributed by atoms with van der Waals surface area (Å²) in [6.07, 6.45) is 0. The molecule has 0 unspecified atom stereocenters. The van der Waals surface area contributed by atoms with E-state index in [0.29, 0.717) is 17.8 Å². The van der Waals surface area contributed by atoms with Crippen LogP contribution in [-0.4, -0.2) is 9.78 Å². The van der Waals surface area contributed by atoms with Crippen LogP contribution in [0.2, 0.25) is 0 Å². The van der Waals surface area contributed by atoms with E-state index >= 15 is 0 Å². The van der Waals surface area contributed by atoms with Gasteiger partial charge in [0.25, 0.3) is 0 Å². The van der Waals surface area contributed by atoms with Crippen molar-refractivity contribution in [2.75, 3.05) is 5.32 Å². The van der Waals surface area contributed by atoms with Crippen LogP contribution in [0.15, 0.2) is 18.2 Å². The zero-order valence-electron chi connectivity index (χ0n) is 11.2. The second kappa shape index (κ2) is 5.11. The van der Waals surface area contributed by atoms with Crippen LogP contribution in [0.3, 0.4) is 0 Å². The fourth-order valence-electron chi connectivity index (χ4n) is 2.02. The lowest BCUT2D eigenvalue weighted by Crippen LogP contribution is -2.03. The number of aromatic nitrogens is 2. The highest BCUT2D eigenvalue weighted by molar-refractivity contribution is 5.50. The Morgan fingerprint density at radius 2 is 2.11 bits per heavy atom. The van der Waals surface area contributed by atoms with Gasteiger partial charge in [-0.05, 0) is 32.0 Å². The first-order chi connectivity index (χ1) is 9.01. The Balaban J connectivity index is 2.19. The maximum absolute atomic E-state index is 13.3. The van der Waals surface area contributed by atoms with Gasteiger partial charge in [0.1, 0.15) is 5.82 Å². The smallest absolute Gasteiger partial charge is 0.126 e. The van der Waals surface area contributed by atoms with Crippen LogP contribution in [0.5, 0.6) is 0 Å². The topological polar surface area (TPSA) is 53.6 Å². The Bertz CT molecular complexity index is 652. The molecule has 19 heavy (non-hydrogen) atoms. The van der Waals surface area contributed by atoms with Crippen LogP contribution >= 0.6 is 0 Å². The lowest BCUT2D eigenvalue weighted by atomic mass is 10.1. The van der Waals surface area contributed by atoms with Gasteiger partial charge in [0, 0.05) is 30.5 Å². The lowest BCUT2D eigenvalue weighted by molar-refractivity contribution is 0.627. The van der Waals surface area contributed by atoms with E-state index in [0.717, 1.165) is 17.0 Å². The molecular formula is C14H15FN4. The number of halogens is 1. The first-order valence-corrected chi connectivity index (χ1v) is 5.95. The molecule has 0 atom stereocenters. The quantitative estimate of drug-likeness (QED) is 0.920. The third-order valence-corrected chi connectivity index (χ3v) is 3.16. The van der Waals surface area contributed by atoms with E-state index in [1.165, 1.54) is 12.1 Å². The molecule has 98 valence electrons. The minimum Gasteiger partial charge on any atom is -0.381 e. The van der Waals surface area contributed by atoms with Crippen molar-refractivity contribution >= 4 is 5.69 Å². The van der Waals surface area contributed by atoms with Crippen LogP contribution in [0.4, 0.5) is 10.1 Å². The maximum atomic E-state index is 13.3. The van der Waals surface area contributed by atoms with Crippen LogP contribution < -0.4 is 5.32 Å². The number of hydrogen-bond donors (Lipinski definition) is 1. The van der Waals surface area contributed by atoms with Crippen molar-refractivity contribution in [2.24, 2.45) is 7.05 Å². The van der Waals surface area contributed by atoms with Crippen LogP contribution in [0, 0.1) is 31.0 Å². The molecule has 1 aromatic heterocycles. The number of benzene rings is 1. The molecule has 1 aromatic carbocycles. The predicted molar refractivity (Wildman–Crippen MR) is 71.1 cm³/mol. The molecule has 1 heterocycles. The molecule has 0 amide bonds. The van der Waals surface area contributed by atoms with Crippen molar-refractivity contribution in [3.8, 4) is 6.07 Å². The molecule has 0 bridgehead atoms. The molecule has 0 radical (unpaired) electrons. The summed E-state index contributed by atoms with van der Waals surface area (Å²) >= 11 is 0. The average molecular weight is 258 g/mol. The number of rotatable bonds is 3. The molecule has 0 aliphatic heterocycles. The van der Waals surface area contributed by atoms with Crippen LogP contribution in [0.1, 0.15) is 22.5 Å². The highest BCUT2D eigenvalue weighted by Gasteiger charge is 2.09. The summed E-state index contributed by atoms with van der Waals surface area (Å²) in [7, 11) is 1.89. The van der Waals surface area contributed by atoms with Gasteiger partial charge in [-0.3, -0.25) is 4.68 Å². The highest BCUT2D eigenvalue weighted by Crippen LogP contribution is 2.17. The van der Waals surface area contributed by atoms with Gasteiger partial charge in [0.05, 0.1) is 17.3 Å². The minimum atomic E-state index is -0.416. The highest BCUT2D eigenvalue weighted by atomic mass is 19.1. The van der Waals surface area contributed by atoms with E-state index in [1.807, 2.05) is 31.6 Å². The van der Waals surface area contributed by atoms with E-state index in [2.05, 4.69) is 10.4 Å². The number of hydrogen-bond acceptors (Lipinski definition) is 3. The Morgan fingerprint density at radius 1 is 1.37 bits per heavy atom. The van der Waals surface area contributed by atoms with Crippen LogP contribution in [-0.2, 0) is 13.6 Å². The summed E-state index contributed by atoms with van der Waals surface area (Å²) in [5.74, 6) is -0.416. The van der Waals surface area contributed by atoms with Gasteiger partial charge in [-0.1, -0.05) is 0 Å². The van der Waals surface area contributed by atoms with Gasteiger partial charge >= 0.3 is 0 Å². The Morgan fingerprint density at radius 3 is 2.68 bits per heavy atom. The zero-order chi connectivity index (χ0) is 14.0. The first kappa shape index (κ1) is 13.1. The first-order valence-electron chi connectivity index (χ1n) is 5.95. The van der Waals surface area contributed by atoms with Crippen molar-refractivity contribution in [1.82, 2.24) is 9.78 Å². The van der Waals surface area contributed by atoms with E-state index in [1.54, 1.807) is 6.07 Å². The van der Waals surface area contributed by atoms with Gasteiger partial charge in [0.15, 0.2) is 0 Å². The largest absolute Gasteiger partial charge is 0.381 e. The van der Waals surface area contributed by atoms with Crippen LogP contribution in [0.25, 0.3) is 0 Å². The van der Waals surface area contributed by atoms with E-state index in [-0.39, 0.29) is 0 Å². The molecule has 0 aliphatic rings. The fourth-order valence-corrected chi connectivity index (χ4v) is 2.02. The molecule has 5 heteroatoms. The Hall–Kier alpha value is -2.35.